The maximum Gasteiger partial charge on any atom is 0.123 e. The number of aliphatic hydroxyl groups excluding tert-OH is 1. The first-order valence-corrected chi connectivity index (χ1v) is 11.1. The van der Waals surface area contributed by atoms with Gasteiger partial charge in [-0.1, -0.05) is 44.0 Å². The van der Waals surface area contributed by atoms with Gasteiger partial charge < -0.3 is 15.0 Å². The van der Waals surface area contributed by atoms with Gasteiger partial charge in [-0.2, -0.15) is 0 Å². The Morgan fingerprint density at radius 2 is 1.59 bits per heavy atom. The lowest BCUT2D eigenvalue weighted by atomic mass is 10.1. The van der Waals surface area contributed by atoms with Crippen molar-refractivity contribution in [1.29, 1.82) is 0 Å². The van der Waals surface area contributed by atoms with Crippen LogP contribution in [0.3, 0.4) is 0 Å². The summed E-state index contributed by atoms with van der Waals surface area (Å²) in [7, 11) is 0. The van der Waals surface area contributed by atoms with Crippen molar-refractivity contribution in [1.82, 2.24) is 9.88 Å². The monoisotopic (exact) mass is 518 g/mol. The van der Waals surface area contributed by atoms with E-state index in [9.17, 15) is 9.50 Å². The molecule has 1 aromatic heterocycles. The number of aromatic nitrogens is 1. The SMILES string of the molecule is OC(CNCCc1cccc(F)c1)Cn1c2ccc(Br)cc2c2cc(Br)ccc21. The Balaban J connectivity index is 1.46. The van der Waals surface area contributed by atoms with Crippen molar-refractivity contribution in [2.24, 2.45) is 0 Å². The highest BCUT2D eigenvalue weighted by Crippen LogP contribution is 2.33. The van der Waals surface area contributed by atoms with Crippen molar-refractivity contribution in [3.05, 3.63) is 81.0 Å². The Kier molecular flexibility index (Phi) is 6.35. The van der Waals surface area contributed by atoms with Gasteiger partial charge in [0.2, 0.25) is 0 Å². The van der Waals surface area contributed by atoms with Gasteiger partial charge in [0, 0.05) is 37.3 Å². The van der Waals surface area contributed by atoms with Gasteiger partial charge in [-0.3, -0.25) is 0 Å². The van der Waals surface area contributed by atoms with E-state index in [1.807, 2.05) is 18.2 Å². The molecule has 0 aliphatic carbocycles. The fourth-order valence-electron chi connectivity index (χ4n) is 3.71. The molecule has 3 aromatic carbocycles. The van der Waals surface area contributed by atoms with Crippen molar-refractivity contribution < 1.29 is 9.50 Å². The second-order valence-corrected chi connectivity index (χ2v) is 9.00. The van der Waals surface area contributed by atoms with E-state index in [0.717, 1.165) is 42.7 Å². The van der Waals surface area contributed by atoms with E-state index in [0.29, 0.717) is 19.6 Å². The van der Waals surface area contributed by atoms with Crippen LogP contribution in [0.15, 0.2) is 69.6 Å². The number of hydrogen-bond donors (Lipinski definition) is 2. The van der Waals surface area contributed by atoms with Crippen LogP contribution >= 0.6 is 31.9 Å². The minimum Gasteiger partial charge on any atom is -0.390 e. The van der Waals surface area contributed by atoms with Crippen molar-refractivity contribution in [3.63, 3.8) is 0 Å². The van der Waals surface area contributed by atoms with Gasteiger partial charge in [0.25, 0.3) is 0 Å². The number of nitrogens with zero attached hydrogens (tertiary/aromatic N) is 1. The Morgan fingerprint density at radius 1 is 0.931 bits per heavy atom. The summed E-state index contributed by atoms with van der Waals surface area (Å²) in [5.41, 5.74) is 3.14. The number of nitrogens with one attached hydrogen (secondary N) is 1. The van der Waals surface area contributed by atoms with Gasteiger partial charge in [-0.05, 0) is 67.1 Å². The highest BCUT2D eigenvalue weighted by atomic mass is 79.9. The molecule has 2 N–H and O–H groups in total. The van der Waals surface area contributed by atoms with Crippen molar-refractivity contribution in [2.75, 3.05) is 13.1 Å². The van der Waals surface area contributed by atoms with Crippen LogP contribution in [-0.4, -0.2) is 28.9 Å². The molecule has 0 aliphatic heterocycles. The number of hydrogen-bond acceptors (Lipinski definition) is 2. The van der Waals surface area contributed by atoms with Crippen LogP contribution in [0.5, 0.6) is 0 Å². The van der Waals surface area contributed by atoms with Gasteiger partial charge in [-0.25, -0.2) is 4.39 Å². The van der Waals surface area contributed by atoms with Gasteiger partial charge in [-0.15, -0.1) is 0 Å². The molecular formula is C23H21Br2FN2O. The zero-order chi connectivity index (χ0) is 20.4. The van der Waals surface area contributed by atoms with Gasteiger partial charge in [0.15, 0.2) is 0 Å². The van der Waals surface area contributed by atoms with E-state index in [1.165, 1.54) is 6.07 Å². The molecule has 0 aliphatic rings. The van der Waals surface area contributed by atoms with E-state index in [1.54, 1.807) is 12.1 Å². The maximum atomic E-state index is 13.3. The molecule has 1 unspecified atom stereocenters. The first-order chi connectivity index (χ1) is 14.0. The Bertz CT molecular complexity index is 1100. The minimum atomic E-state index is -0.534. The predicted octanol–water partition coefficient (Wildman–Crippen LogP) is 5.65. The Morgan fingerprint density at radius 3 is 2.21 bits per heavy atom. The Labute approximate surface area is 185 Å². The van der Waals surface area contributed by atoms with E-state index in [4.69, 9.17) is 0 Å². The third-order valence-electron chi connectivity index (χ3n) is 5.04. The van der Waals surface area contributed by atoms with Crippen molar-refractivity contribution in [3.8, 4) is 0 Å². The van der Waals surface area contributed by atoms with Crippen LogP contribution in [-0.2, 0) is 13.0 Å². The second-order valence-electron chi connectivity index (χ2n) is 7.17. The summed E-state index contributed by atoms with van der Waals surface area (Å²) < 4.78 is 17.5. The van der Waals surface area contributed by atoms with Gasteiger partial charge in [0.05, 0.1) is 12.6 Å². The molecule has 150 valence electrons. The third kappa shape index (κ3) is 4.72. The average molecular weight is 520 g/mol. The molecule has 0 radical (unpaired) electrons. The molecule has 0 amide bonds. The first-order valence-electron chi connectivity index (χ1n) is 9.51. The van der Waals surface area contributed by atoms with E-state index in [2.05, 4.69) is 66.0 Å². The van der Waals surface area contributed by atoms with Crippen LogP contribution in [0, 0.1) is 5.82 Å². The van der Waals surface area contributed by atoms with Crippen molar-refractivity contribution in [2.45, 2.75) is 19.1 Å². The molecule has 4 rings (SSSR count). The zero-order valence-corrected chi connectivity index (χ0v) is 18.9. The first kappa shape index (κ1) is 20.5. The molecule has 0 spiro atoms. The lowest BCUT2D eigenvalue weighted by Gasteiger charge is -2.15. The molecular weight excluding hydrogens is 499 g/mol. The van der Waals surface area contributed by atoms with E-state index < -0.39 is 6.10 Å². The second kappa shape index (κ2) is 8.96. The number of rotatable bonds is 7. The maximum absolute atomic E-state index is 13.3. The van der Waals surface area contributed by atoms with Gasteiger partial charge >= 0.3 is 0 Å². The zero-order valence-electron chi connectivity index (χ0n) is 15.7. The number of aliphatic hydroxyl groups is 1. The third-order valence-corrected chi connectivity index (χ3v) is 6.03. The normalized spacial score (nSPS) is 12.7. The predicted molar refractivity (Wildman–Crippen MR) is 124 cm³/mol. The molecule has 0 saturated carbocycles. The summed E-state index contributed by atoms with van der Waals surface area (Å²) in [6.07, 6.45) is 0.190. The van der Waals surface area contributed by atoms with E-state index in [-0.39, 0.29) is 5.82 Å². The molecule has 1 atom stereocenters. The standard InChI is InChI=1S/C23H21Br2FN2O/c24-16-4-6-22-20(11-16)21-12-17(25)5-7-23(21)28(22)14-19(29)13-27-9-8-15-2-1-3-18(26)10-15/h1-7,10-12,19,27,29H,8-9,13-14H2. The van der Waals surface area contributed by atoms with Crippen LogP contribution in [0.1, 0.15) is 5.56 Å². The number of benzene rings is 3. The number of fused-ring (bicyclic) bond motifs is 3. The molecule has 1 heterocycles. The van der Waals surface area contributed by atoms with Crippen LogP contribution in [0.25, 0.3) is 21.8 Å². The molecule has 0 saturated heterocycles. The van der Waals surface area contributed by atoms with Crippen LogP contribution < -0.4 is 5.32 Å². The van der Waals surface area contributed by atoms with E-state index >= 15 is 0 Å². The smallest absolute Gasteiger partial charge is 0.123 e. The molecule has 3 nitrogen and oxygen atoms in total. The summed E-state index contributed by atoms with van der Waals surface area (Å²) in [5, 5.41) is 16.2. The Hall–Kier alpha value is -1.73. The molecule has 0 fully saturated rings. The van der Waals surface area contributed by atoms with Crippen LogP contribution in [0.2, 0.25) is 0 Å². The summed E-state index contributed by atoms with van der Waals surface area (Å²) >= 11 is 7.12. The van der Waals surface area contributed by atoms with Gasteiger partial charge in [0.1, 0.15) is 5.82 Å². The highest BCUT2D eigenvalue weighted by Gasteiger charge is 2.14. The molecule has 6 heteroatoms. The summed E-state index contributed by atoms with van der Waals surface area (Å²) in [6.45, 7) is 1.66. The fraction of sp³-hybridized carbons (Fsp3) is 0.217. The van der Waals surface area contributed by atoms with Crippen LogP contribution in [0.4, 0.5) is 4.39 Å². The number of halogens is 3. The lowest BCUT2D eigenvalue weighted by molar-refractivity contribution is 0.154. The topological polar surface area (TPSA) is 37.2 Å². The highest BCUT2D eigenvalue weighted by molar-refractivity contribution is 9.10. The quantitative estimate of drug-likeness (QED) is 0.309. The summed E-state index contributed by atoms with van der Waals surface area (Å²) in [4.78, 5) is 0. The largest absolute Gasteiger partial charge is 0.390 e. The molecule has 0 bridgehead atoms. The lowest BCUT2D eigenvalue weighted by Crippen LogP contribution is -2.31. The van der Waals surface area contributed by atoms with Crippen molar-refractivity contribution >= 4 is 53.7 Å². The molecule has 29 heavy (non-hydrogen) atoms. The fourth-order valence-corrected chi connectivity index (χ4v) is 4.44. The molecule has 4 aromatic rings. The minimum absolute atomic E-state index is 0.216. The summed E-state index contributed by atoms with van der Waals surface area (Å²) in [5.74, 6) is -0.216. The summed E-state index contributed by atoms with van der Waals surface area (Å²) in [6, 6.07) is 19.1. The average Bonchev–Trinajstić information content (AvgIpc) is 2.97.